The number of carbonyl (C=O) groups excluding carboxylic acids is 1. The monoisotopic (exact) mass is 173 g/mol. The highest BCUT2D eigenvalue weighted by atomic mass is 16.3. The van der Waals surface area contributed by atoms with Gasteiger partial charge < -0.3 is 4.42 Å². The lowest BCUT2D eigenvalue weighted by Crippen LogP contribution is -1.67. The molecule has 0 saturated carbocycles. The molecular formula is C10H7NO2. The molecule has 0 fully saturated rings. The Labute approximate surface area is 74.7 Å². The first-order valence-corrected chi connectivity index (χ1v) is 3.87. The summed E-state index contributed by atoms with van der Waals surface area (Å²) < 4.78 is 5.23. The SMILES string of the molecule is Cc1ccc2oc(N=C=O)cc2c1. The molecule has 0 N–H and O–H groups in total. The fourth-order valence-corrected chi connectivity index (χ4v) is 1.25. The molecule has 0 unspecified atom stereocenters. The molecule has 2 aromatic rings. The molecule has 64 valence electrons. The fourth-order valence-electron chi connectivity index (χ4n) is 1.25. The van der Waals surface area contributed by atoms with Crippen molar-refractivity contribution in [3.8, 4) is 0 Å². The third-order valence-corrected chi connectivity index (χ3v) is 1.81. The van der Waals surface area contributed by atoms with Crippen molar-refractivity contribution in [1.29, 1.82) is 0 Å². The number of aliphatic imine (C=N–C) groups is 1. The first kappa shape index (κ1) is 7.77. The lowest BCUT2D eigenvalue weighted by molar-refractivity contribution is 0.561. The zero-order chi connectivity index (χ0) is 9.26. The van der Waals surface area contributed by atoms with E-state index in [2.05, 4.69) is 4.99 Å². The van der Waals surface area contributed by atoms with Gasteiger partial charge in [0, 0.05) is 11.5 Å². The van der Waals surface area contributed by atoms with Crippen LogP contribution in [0.4, 0.5) is 5.88 Å². The maximum atomic E-state index is 9.97. The van der Waals surface area contributed by atoms with Crippen LogP contribution in [0, 0.1) is 6.92 Å². The van der Waals surface area contributed by atoms with Gasteiger partial charge in [-0.15, -0.1) is 4.99 Å². The van der Waals surface area contributed by atoms with Gasteiger partial charge in [-0.2, -0.15) is 0 Å². The minimum absolute atomic E-state index is 0.301. The van der Waals surface area contributed by atoms with Crippen molar-refractivity contribution in [2.24, 2.45) is 4.99 Å². The quantitative estimate of drug-likeness (QED) is 0.491. The molecule has 0 aliphatic rings. The van der Waals surface area contributed by atoms with E-state index in [9.17, 15) is 4.79 Å². The van der Waals surface area contributed by atoms with Crippen LogP contribution >= 0.6 is 0 Å². The number of fused-ring (bicyclic) bond motifs is 1. The summed E-state index contributed by atoms with van der Waals surface area (Å²) in [5.74, 6) is 0.301. The Kier molecular flexibility index (Phi) is 1.72. The van der Waals surface area contributed by atoms with E-state index in [1.807, 2.05) is 25.1 Å². The minimum atomic E-state index is 0.301. The normalized spacial score (nSPS) is 9.92. The number of hydrogen-bond acceptors (Lipinski definition) is 3. The molecule has 1 aromatic heterocycles. The van der Waals surface area contributed by atoms with Crippen LogP contribution in [0.25, 0.3) is 11.0 Å². The smallest absolute Gasteiger partial charge is 0.243 e. The third kappa shape index (κ3) is 1.37. The molecule has 0 radical (unpaired) electrons. The number of isocyanates is 1. The van der Waals surface area contributed by atoms with Gasteiger partial charge in [-0.1, -0.05) is 11.6 Å². The summed E-state index contributed by atoms with van der Waals surface area (Å²) in [4.78, 5) is 13.4. The number of rotatable bonds is 1. The van der Waals surface area contributed by atoms with Gasteiger partial charge in [0.25, 0.3) is 0 Å². The van der Waals surface area contributed by atoms with Crippen LogP contribution in [-0.2, 0) is 4.79 Å². The highest BCUT2D eigenvalue weighted by Crippen LogP contribution is 2.25. The highest BCUT2D eigenvalue weighted by molar-refractivity contribution is 5.81. The first-order chi connectivity index (χ1) is 6.29. The molecule has 0 aliphatic heterocycles. The van der Waals surface area contributed by atoms with Gasteiger partial charge in [-0.3, -0.25) is 0 Å². The van der Waals surface area contributed by atoms with Crippen LogP contribution in [-0.4, -0.2) is 6.08 Å². The van der Waals surface area contributed by atoms with Gasteiger partial charge in [0.15, 0.2) is 0 Å². The maximum Gasteiger partial charge on any atom is 0.243 e. The van der Waals surface area contributed by atoms with E-state index in [0.717, 1.165) is 16.5 Å². The summed E-state index contributed by atoms with van der Waals surface area (Å²) in [6.45, 7) is 2.00. The van der Waals surface area contributed by atoms with Crippen molar-refractivity contribution >= 4 is 22.9 Å². The highest BCUT2D eigenvalue weighted by Gasteiger charge is 2.01. The van der Waals surface area contributed by atoms with Crippen molar-refractivity contribution in [2.45, 2.75) is 6.92 Å². The molecule has 1 aromatic carbocycles. The average Bonchev–Trinajstić information content (AvgIpc) is 2.46. The Morgan fingerprint density at radius 3 is 3.00 bits per heavy atom. The van der Waals surface area contributed by atoms with E-state index in [1.54, 1.807) is 6.07 Å². The Morgan fingerprint density at radius 2 is 2.23 bits per heavy atom. The van der Waals surface area contributed by atoms with E-state index >= 15 is 0 Å². The first-order valence-electron chi connectivity index (χ1n) is 3.87. The Balaban J connectivity index is 2.68. The second-order valence-electron chi connectivity index (χ2n) is 2.83. The average molecular weight is 173 g/mol. The topological polar surface area (TPSA) is 42.6 Å². The minimum Gasteiger partial charge on any atom is -0.438 e. The number of aryl methyl sites for hydroxylation is 1. The molecule has 13 heavy (non-hydrogen) atoms. The summed E-state index contributed by atoms with van der Waals surface area (Å²) in [7, 11) is 0. The number of benzene rings is 1. The van der Waals surface area contributed by atoms with Crippen molar-refractivity contribution in [2.75, 3.05) is 0 Å². The van der Waals surface area contributed by atoms with Gasteiger partial charge >= 0.3 is 0 Å². The van der Waals surface area contributed by atoms with Gasteiger partial charge in [0.2, 0.25) is 12.0 Å². The van der Waals surface area contributed by atoms with E-state index in [4.69, 9.17) is 4.42 Å². The molecule has 0 amide bonds. The number of hydrogen-bond donors (Lipinski definition) is 0. The number of furan rings is 1. The van der Waals surface area contributed by atoms with Crippen LogP contribution in [0.3, 0.4) is 0 Å². The van der Waals surface area contributed by atoms with E-state index in [-0.39, 0.29) is 0 Å². The fraction of sp³-hybridized carbons (Fsp3) is 0.100. The third-order valence-electron chi connectivity index (χ3n) is 1.81. The predicted molar refractivity (Wildman–Crippen MR) is 48.7 cm³/mol. The second kappa shape index (κ2) is 2.88. The molecule has 0 atom stereocenters. The summed E-state index contributed by atoms with van der Waals surface area (Å²) in [5, 5.41) is 0.953. The van der Waals surface area contributed by atoms with Crippen LogP contribution < -0.4 is 0 Å². The Bertz CT molecular complexity index is 493. The van der Waals surface area contributed by atoms with Crippen molar-refractivity contribution in [3.05, 3.63) is 29.8 Å². The van der Waals surface area contributed by atoms with Crippen LogP contribution in [0.2, 0.25) is 0 Å². The molecule has 0 saturated heterocycles. The molecule has 0 bridgehead atoms. The van der Waals surface area contributed by atoms with Crippen LogP contribution in [0.1, 0.15) is 5.56 Å². The molecule has 3 heteroatoms. The van der Waals surface area contributed by atoms with E-state index in [0.29, 0.717) is 5.88 Å². The van der Waals surface area contributed by atoms with Gasteiger partial charge in [0.1, 0.15) is 5.58 Å². The van der Waals surface area contributed by atoms with Crippen molar-refractivity contribution in [1.82, 2.24) is 0 Å². The Morgan fingerprint density at radius 1 is 1.38 bits per heavy atom. The standard InChI is InChI=1S/C10H7NO2/c1-7-2-3-9-8(4-7)5-10(13-9)11-6-12/h2-5H,1H3. The molecular weight excluding hydrogens is 166 g/mol. The second-order valence-corrected chi connectivity index (χ2v) is 2.83. The summed E-state index contributed by atoms with van der Waals surface area (Å²) in [5.41, 5.74) is 1.88. The van der Waals surface area contributed by atoms with Gasteiger partial charge in [0.05, 0.1) is 0 Å². The zero-order valence-electron chi connectivity index (χ0n) is 7.07. The van der Waals surface area contributed by atoms with Crippen molar-refractivity contribution < 1.29 is 9.21 Å². The largest absolute Gasteiger partial charge is 0.438 e. The maximum absolute atomic E-state index is 9.97. The van der Waals surface area contributed by atoms with E-state index in [1.165, 1.54) is 6.08 Å². The molecule has 1 heterocycles. The molecule has 2 rings (SSSR count). The van der Waals surface area contributed by atoms with E-state index < -0.39 is 0 Å². The zero-order valence-corrected chi connectivity index (χ0v) is 7.07. The van der Waals surface area contributed by atoms with Crippen LogP contribution in [0.15, 0.2) is 33.7 Å². The Hall–Kier alpha value is -1.86. The lowest BCUT2D eigenvalue weighted by atomic mass is 10.2. The lowest BCUT2D eigenvalue weighted by Gasteiger charge is -1.88. The van der Waals surface area contributed by atoms with Crippen LogP contribution in [0.5, 0.6) is 0 Å². The molecule has 3 nitrogen and oxygen atoms in total. The van der Waals surface area contributed by atoms with Gasteiger partial charge in [-0.25, -0.2) is 4.79 Å². The van der Waals surface area contributed by atoms with Crippen molar-refractivity contribution in [3.63, 3.8) is 0 Å². The summed E-state index contributed by atoms with van der Waals surface area (Å²) >= 11 is 0. The molecule has 0 spiro atoms. The summed E-state index contributed by atoms with van der Waals surface area (Å²) in [6.07, 6.45) is 1.44. The van der Waals surface area contributed by atoms with Gasteiger partial charge in [-0.05, 0) is 19.1 Å². The molecule has 0 aliphatic carbocycles. The summed E-state index contributed by atoms with van der Waals surface area (Å²) in [6, 6.07) is 7.49. The predicted octanol–water partition coefficient (Wildman–Crippen LogP) is 2.71. The number of nitrogens with zero attached hydrogens (tertiary/aromatic N) is 1.